The van der Waals surface area contributed by atoms with Gasteiger partial charge in [0, 0.05) is 13.7 Å². The fourth-order valence-corrected chi connectivity index (χ4v) is 3.11. The molecule has 0 heterocycles. The minimum absolute atomic E-state index is 0.00922. The van der Waals surface area contributed by atoms with Crippen molar-refractivity contribution in [3.63, 3.8) is 0 Å². The Bertz CT molecular complexity index is 714. The summed E-state index contributed by atoms with van der Waals surface area (Å²) in [5.74, 6) is -0.493. The van der Waals surface area contributed by atoms with Crippen molar-refractivity contribution in [1.29, 1.82) is 0 Å². The lowest BCUT2D eigenvalue weighted by Gasteiger charge is -2.19. The van der Waals surface area contributed by atoms with Gasteiger partial charge in [0.2, 0.25) is 0 Å². The molecule has 0 amide bonds. The summed E-state index contributed by atoms with van der Waals surface area (Å²) in [6.45, 7) is 0.00922. The van der Waals surface area contributed by atoms with E-state index >= 15 is 0 Å². The molecule has 2 aromatic rings. The van der Waals surface area contributed by atoms with Gasteiger partial charge >= 0.3 is 0 Å². The van der Waals surface area contributed by atoms with Gasteiger partial charge in [-0.2, -0.15) is 0 Å². The first-order valence-corrected chi connectivity index (χ1v) is 7.83. The minimum Gasteiger partial charge on any atom is -0.396 e. The average molecular weight is 309 g/mol. The van der Waals surface area contributed by atoms with Gasteiger partial charge in [0.25, 0.3) is 10.0 Å². The highest BCUT2D eigenvalue weighted by Crippen LogP contribution is 2.22. The van der Waals surface area contributed by atoms with Crippen molar-refractivity contribution in [1.82, 2.24) is 0 Å². The molecule has 0 radical (unpaired) electrons. The van der Waals surface area contributed by atoms with E-state index in [1.165, 1.54) is 37.4 Å². The van der Waals surface area contributed by atoms with Crippen LogP contribution in [0.3, 0.4) is 0 Å². The Morgan fingerprint density at radius 1 is 1.14 bits per heavy atom. The Balaban J connectivity index is 2.32. The topological polar surface area (TPSA) is 57.6 Å². The molecule has 112 valence electrons. The SMILES string of the molecule is CN(c1cccc(F)c1)S(=O)(=O)c1ccc(CCO)cc1. The normalized spacial score (nSPS) is 11.4. The first kappa shape index (κ1) is 15.5. The smallest absolute Gasteiger partial charge is 0.264 e. The van der Waals surface area contributed by atoms with E-state index in [1.807, 2.05) is 0 Å². The van der Waals surface area contributed by atoms with Crippen molar-refractivity contribution >= 4 is 15.7 Å². The van der Waals surface area contributed by atoms with Gasteiger partial charge in [-0.15, -0.1) is 0 Å². The minimum atomic E-state index is -3.74. The van der Waals surface area contributed by atoms with Crippen LogP contribution >= 0.6 is 0 Å². The van der Waals surface area contributed by atoms with Crippen LogP contribution in [0, 0.1) is 5.82 Å². The van der Waals surface area contributed by atoms with E-state index in [1.54, 1.807) is 12.1 Å². The van der Waals surface area contributed by atoms with Crippen molar-refractivity contribution in [2.45, 2.75) is 11.3 Å². The number of hydrogen-bond acceptors (Lipinski definition) is 3. The number of aliphatic hydroxyl groups is 1. The quantitative estimate of drug-likeness (QED) is 0.921. The molecule has 0 aliphatic carbocycles. The summed E-state index contributed by atoms with van der Waals surface area (Å²) < 4.78 is 39.2. The summed E-state index contributed by atoms with van der Waals surface area (Å²) in [6, 6.07) is 11.7. The average Bonchev–Trinajstić information content (AvgIpc) is 2.47. The van der Waals surface area contributed by atoms with Crippen LogP contribution in [0.1, 0.15) is 5.56 Å². The monoisotopic (exact) mass is 309 g/mol. The molecule has 0 aromatic heterocycles. The highest BCUT2D eigenvalue weighted by atomic mass is 32.2. The Morgan fingerprint density at radius 3 is 2.38 bits per heavy atom. The first-order chi connectivity index (χ1) is 9.95. The van der Waals surface area contributed by atoms with E-state index in [0.717, 1.165) is 15.9 Å². The second-order valence-corrected chi connectivity index (χ2v) is 6.54. The summed E-state index contributed by atoms with van der Waals surface area (Å²) >= 11 is 0. The molecule has 0 aliphatic heterocycles. The molecule has 0 saturated carbocycles. The van der Waals surface area contributed by atoms with Crippen molar-refractivity contribution in [2.75, 3.05) is 18.0 Å². The van der Waals surface area contributed by atoms with Crippen molar-refractivity contribution < 1.29 is 17.9 Å². The fourth-order valence-electron chi connectivity index (χ4n) is 1.93. The largest absolute Gasteiger partial charge is 0.396 e. The number of halogens is 1. The van der Waals surface area contributed by atoms with Crippen LogP contribution in [0.4, 0.5) is 10.1 Å². The maximum absolute atomic E-state index is 13.2. The van der Waals surface area contributed by atoms with E-state index in [4.69, 9.17) is 5.11 Å². The third-order valence-corrected chi connectivity index (χ3v) is 4.95. The molecule has 0 fully saturated rings. The third kappa shape index (κ3) is 3.40. The van der Waals surface area contributed by atoms with Crippen molar-refractivity contribution in [3.05, 3.63) is 59.9 Å². The predicted molar refractivity (Wildman–Crippen MR) is 79.2 cm³/mol. The van der Waals surface area contributed by atoms with Gasteiger partial charge < -0.3 is 5.11 Å². The standard InChI is InChI=1S/C15H16FNO3S/c1-17(14-4-2-3-13(16)11-14)21(19,20)15-7-5-12(6-8-15)9-10-18/h2-8,11,18H,9-10H2,1H3. The van der Waals surface area contributed by atoms with E-state index in [2.05, 4.69) is 0 Å². The Labute approximate surface area is 123 Å². The van der Waals surface area contributed by atoms with Gasteiger partial charge in [0.1, 0.15) is 5.82 Å². The van der Waals surface area contributed by atoms with Crippen LogP contribution in [0.25, 0.3) is 0 Å². The predicted octanol–water partition coefficient (Wildman–Crippen LogP) is 2.19. The molecule has 0 aliphatic rings. The van der Waals surface area contributed by atoms with Gasteiger partial charge in [-0.25, -0.2) is 12.8 Å². The number of aliphatic hydroxyl groups excluding tert-OH is 1. The van der Waals surface area contributed by atoms with Gasteiger partial charge in [-0.3, -0.25) is 4.31 Å². The van der Waals surface area contributed by atoms with Crippen LogP contribution in [0.5, 0.6) is 0 Å². The fraction of sp³-hybridized carbons (Fsp3) is 0.200. The molecule has 0 atom stereocenters. The zero-order valence-electron chi connectivity index (χ0n) is 11.5. The van der Waals surface area contributed by atoms with Crippen LogP contribution in [0.2, 0.25) is 0 Å². The summed E-state index contributed by atoms with van der Waals surface area (Å²) in [7, 11) is -2.36. The molecular formula is C15H16FNO3S. The van der Waals surface area contributed by atoms with Gasteiger partial charge in [0.05, 0.1) is 10.6 Å². The highest BCUT2D eigenvalue weighted by Gasteiger charge is 2.21. The Kier molecular flexibility index (Phi) is 4.59. The molecule has 1 N–H and O–H groups in total. The number of nitrogens with zero attached hydrogens (tertiary/aromatic N) is 1. The summed E-state index contributed by atoms with van der Waals surface area (Å²) in [5, 5.41) is 8.85. The zero-order valence-corrected chi connectivity index (χ0v) is 12.3. The maximum Gasteiger partial charge on any atom is 0.264 e. The first-order valence-electron chi connectivity index (χ1n) is 6.39. The van der Waals surface area contributed by atoms with Crippen molar-refractivity contribution in [2.24, 2.45) is 0 Å². The molecule has 2 aromatic carbocycles. The summed E-state index contributed by atoms with van der Waals surface area (Å²) in [4.78, 5) is 0.121. The van der Waals surface area contributed by atoms with Crippen LogP contribution < -0.4 is 4.31 Å². The molecule has 2 rings (SSSR count). The molecule has 21 heavy (non-hydrogen) atoms. The lowest BCUT2D eigenvalue weighted by molar-refractivity contribution is 0.299. The molecule has 0 unspecified atom stereocenters. The summed E-state index contributed by atoms with van der Waals surface area (Å²) in [5.41, 5.74) is 1.11. The Morgan fingerprint density at radius 2 is 1.81 bits per heavy atom. The Hall–Kier alpha value is -1.92. The second kappa shape index (κ2) is 6.24. The number of anilines is 1. The number of sulfonamides is 1. The van der Waals surface area contributed by atoms with Gasteiger partial charge in [0.15, 0.2) is 0 Å². The summed E-state index contributed by atoms with van der Waals surface area (Å²) in [6.07, 6.45) is 0.472. The van der Waals surface area contributed by atoms with Crippen LogP contribution in [-0.2, 0) is 16.4 Å². The second-order valence-electron chi connectivity index (χ2n) is 4.57. The maximum atomic E-state index is 13.2. The van der Waals surface area contributed by atoms with E-state index in [-0.39, 0.29) is 17.2 Å². The number of benzene rings is 2. The molecule has 6 heteroatoms. The molecule has 0 saturated heterocycles. The van der Waals surface area contributed by atoms with Crippen molar-refractivity contribution in [3.8, 4) is 0 Å². The lowest BCUT2D eigenvalue weighted by Crippen LogP contribution is -2.26. The van der Waals surface area contributed by atoms with Crippen LogP contribution in [-0.4, -0.2) is 27.2 Å². The number of hydrogen-bond donors (Lipinski definition) is 1. The van der Waals surface area contributed by atoms with E-state index < -0.39 is 15.8 Å². The lowest BCUT2D eigenvalue weighted by atomic mass is 10.2. The van der Waals surface area contributed by atoms with Gasteiger partial charge in [-0.05, 0) is 42.3 Å². The van der Waals surface area contributed by atoms with E-state index in [9.17, 15) is 12.8 Å². The zero-order chi connectivity index (χ0) is 15.5. The molecule has 0 spiro atoms. The number of rotatable bonds is 5. The highest BCUT2D eigenvalue weighted by molar-refractivity contribution is 7.92. The van der Waals surface area contributed by atoms with E-state index in [0.29, 0.717) is 6.42 Å². The molecule has 0 bridgehead atoms. The molecular weight excluding hydrogens is 293 g/mol. The van der Waals surface area contributed by atoms with Gasteiger partial charge in [-0.1, -0.05) is 18.2 Å². The van der Waals surface area contributed by atoms with Crippen LogP contribution in [0.15, 0.2) is 53.4 Å². The molecule has 4 nitrogen and oxygen atoms in total. The third-order valence-electron chi connectivity index (χ3n) is 3.15.